The van der Waals surface area contributed by atoms with Crippen molar-refractivity contribution in [3.8, 4) is 0 Å². The Morgan fingerprint density at radius 3 is 3.00 bits per heavy atom. The van der Waals surface area contributed by atoms with E-state index in [0.29, 0.717) is 0 Å². The number of rotatable bonds is 5. The maximum Gasteiger partial charge on any atom is 0.159 e. The average molecular weight is 218 g/mol. The fourth-order valence-electron chi connectivity index (χ4n) is 1.96. The number of aromatic nitrogens is 3. The van der Waals surface area contributed by atoms with Gasteiger partial charge in [0.1, 0.15) is 11.3 Å². The SMILES string of the molecule is CCn1c(CCCCN)nc2cccnc21. The van der Waals surface area contributed by atoms with Gasteiger partial charge < -0.3 is 10.3 Å². The van der Waals surface area contributed by atoms with Crippen molar-refractivity contribution in [2.45, 2.75) is 32.7 Å². The molecule has 0 aliphatic carbocycles. The third kappa shape index (κ3) is 2.07. The monoisotopic (exact) mass is 218 g/mol. The van der Waals surface area contributed by atoms with Crippen molar-refractivity contribution >= 4 is 11.2 Å². The summed E-state index contributed by atoms with van der Waals surface area (Å²) >= 11 is 0. The Labute approximate surface area is 95.5 Å². The molecule has 0 aliphatic rings. The zero-order valence-electron chi connectivity index (χ0n) is 9.69. The first kappa shape index (κ1) is 11.1. The standard InChI is InChI=1S/C12H18N4/c1-2-16-11(7-3-4-8-13)15-10-6-5-9-14-12(10)16/h5-6,9H,2-4,7-8,13H2,1H3. The van der Waals surface area contributed by atoms with E-state index in [2.05, 4.69) is 21.5 Å². The van der Waals surface area contributed by atoms with Gasteiger partial charge in [0.05, 0.1) is 0 Å². The highest BCUT2D eigenvalue weighted by molar-refractivity contribution is 5.71. The van der Waals surface area contributed by atoms with Crippen molar-refractivity contribution in [1.82, 2.24) is 14.5 Å². The molecule has 0 fully saturated rings. The molecule has 86 valence electrons. The Balaban J connectivity index is 2.29. The lowest BCUT2D eigenvalue weighted by atomic mass is 10.2. The summed E-state index contributed by atoms with van der Waals surface area (Å²) in [4.78, 5) is 8.99. The van der Waals surface area contributed by atoms with Crippen LogP contribution in [0.3, 0.4) is 0 Å². The molecule has 4 nitrogen and oxygen atoms in total. The number of hydrogen-bond acceptors (Lipinski definition) is 3. The molecule has 0 amide bonds. The van der Waals surface area contributed by atoms with E-state index in [0.717, 1.165) is 49.3 Å². The number of pyridine rings is 1. The Hall–Kier alpha value is -1.42. The predicted octanol–water partition coefficient (Wildman–Crippen LogP) is 1.73. The number of nitrogens with two attached hydrogens (primary N) is 1. The average Bonchev–Trinajstić information content (AvgIpc) is 2.67. The van der Waals surface area contributed by atoms with Crippen molar-refractivity contribution in [3.05, 3.63) is 24.2 Å². The van der Waals surface area contributed by atoms with Crippen molar-refractivity contribution in [3.63, 3.8) is 0 Å². The van der Waals surface area contributed by atoms with E-state index in [9.17, 15) is 0 Å². The van der Waals surface area contributed by atoms with E-state index in [1.165, 1.54) is 0 Å². The van der Waals surface area contributed by atoms with Gasteiger partial charge in [0.2, 0.25) is 0 Å². The summed E-state index contributed by atoms with van der Waals surface area (Å²) in [7, 11) is 0. The first-order valence-electron chi connectivity index (χ1n) is 5.87. The van der Waals surface area contributed by atoms with Gasteiger partial charge in [0.25, 0.3) is 0 Å². The van der Waals surface area contributed by atoms with Gasteiger partial charge in [-0.1, -0.05) is 0 Å². The molecule has 0 saturated carbocycles. The van der Waals surface area contributed by atoms with Gasteiger partial charge in [0.15, 0.2) is 5.65 Å². The molecule has 0 aromatic carbocycles. The summed E-state index contributed by atoms with van der Waals surface area (Å²) in [6.45, 7) is 3.80. The van der Waals surface area contributed by atoms with Gasteiger partial charge >= 0.3 is 0 Å². The molecule has 0 unspecified atom stereocenters. The van der Waals surface area contributed by atoms with E-state index in [1.807, 2.05) is 18.3 Å². The van der Waals surface area contributed by atoms with Crippen LogP contribution in [0.1, 0.15) is 25.6 Å². The predicted molar refractivity (Wildman–Crippen MR) is 65.2 cm³/mol. The number of imidazole rings is 1. The molecule has 0 radical (unpaired) electrons. The lowest BCUT2D eigenvalue weighted by molar-refractivity contribution is 0.658. The summed E-state index contributed by atoms with van der Waals surface area (Å²) in [5.41, 5.74) is 7.48. The smallest absolute Gasteiger partial charge is 0.159 e. The summed E-state index contributed by atoms with van der Waals surface area (Å²) in [6, 6.07) is 3.94. The van der Waals surface area contributed by atoms with E-state index in [-0.39, 0.29) is 0 Å². The van der Waals surface area contributed by atoms with Gasteiger partial charge in [-0.25, -0.2) is 9.97 Å². The molecule has 2 heterocycles. The summed E-state index contributed by atoms with van der Waals surface area (Å²) in [5, 5.41) is 0. The third-order valence-corrected chi connectivity index (χ3v) is 2.75. The van der Waals surface area contributed by atoms with Crippen LogP contribution in [0.2, 0.25) is 0 Å². The summed E-state index contributed by atoms with van der Waals surface area (Å²) in [5.74, 6) is 1.13. The number of unbranched alkanes of at least 4 members (excludes halogenated alkanes) is 1. The third-order valence-electron chi connectivity index (χ3n) is 2.75. The Bertz CT molecular complexity index is 461. The molecule has 0 spiro atoms. The molecule has 0 bridgehead atoms. The first-order chi connectivity index (χ1) is 7.86. The van der Waals surface area contributed by atoms with Crippen LogP contribution < -0.4 is 5.73 Å². The molecule has 2 N–H and O–H groups in total. The lowest BCUT2D eigenvalue weighted by Crippen LogP contribution is -2.04. The van der Waals surface area contributed by atoms with Crippen molar-refractivity contribution in [2.75, 3.05) is 6.54 Å². The zero-order chi connectivity index (χ0) is 11.4. The molecule has 0 saturated heterocycles. The van der Waals surface area contributed by atoms with E-state index < -0.39 is 0 Å². The summed E-state index contributed by atoms with van der Waals surface area (Å²) in [6.07, 6.45) is 4.96. The molecule has 16 heavy (non-hydrogen) atoms. The molecule has 2 aromatic heterocycles. The second-order valence-electron chi connectivity index (χ2n) is 3.86. The highest BCUT2D eigenvalue weighted by atomic mass is 15.1. The number of fused-ring (bicyclic) bond motifs is 1. The van der Waals surface area contributed by atoms with Crippen LogP contribution in [-0.2, 0) is 13.0 Å². The maximum absolute atomic E-state index is 5.50. The molecule has 2 aromatic rings. The number of nitrogens with zero attached hydrogens (tertiary/aromatic N) is 3. The molecule has 0 aliphatic heterocycles. The number of hydrogen-bond donors (Lipinski definition) is 1. The fourth-order valence-corrected chi connectivity index (χ4v) is 1.96. The van der Waals surface area contributed by atoms with Crippen LogP contribution in [-0.4, -0.2) is 21.1 Å². The van der Waals surface area contributed by atoms with E-state index in [4.69, 9.17) is 5.73 Å². The Morgan fingerprint density at radius 2 is 2.25 bits per heavy atom. The van der Waals surface area contributed by atoms with Crippen molar-refractivity contribution in [1.29, 1.82) is 0 Å². The van der Waals surface area contributed by atoms with Crippen LogP contribution in [0, 0.1) is 0 Å². The Kier molecular flexibility index (Phi) is 3.51. The zero-order valence-corrected chi connectivity index (χ0v) is 9.69. The van der Waals surface area contributed by atoms with Gasteiger partial charge in [-0.15, -0.1) is 0 Å². The minimum atomic E-state index is 0.755. The minimum absolute atomic E-state index is 0.755. The largest absolute Gasteiger partial charge is 0.330 e. The first-order valence-corrected chi connectivity index (χ1v) is 5.87. The second-order valence-corrected chi connectivity index (χ2v) is 3.86. The van der Waals surface area contributed by atoms with Crippen LogP contribution in [0.25, 0.3) is 11.2 Å². The highest BCUT2D eigenvalue weighted by Gasteiger charge is 2.08. The fraction of sp³-hybridized carbons (Fsp3) is 0.500. The maximum atomic E-state index is 5.50. The van der Waals surface area contributed by atoms with E-state index in [1.54, 1.807) is 0 Å². The lowest BCUT2D eigenvalue weighted by Gasteiger charge is -2.04. The topological polar surface area (TPSA) is 56.7 Å². The number of aryl methyl sites for hydroxylation is 2. The quantitative estimate of drug-likeness (QED) is 0.778. The van der Waals surface area contributed by atoms with Crippen LogP contribution in [0.5, 0.6) is 0 Å². The van der Waals surface area contributed by atoms with Gasteiger partial charge in [0, 0.05) is 19.2 Å². The molecule has 4 heteroatoms. The van der Waals surface area contributed by atoms with Gasteiger partial charge in [-0.2, -0.15) is 0 Å². The van der Waals surface area contributed by atoms with Gasteiger partial charge in [-0.05, 0) is 38.4 Å². The normalized spacial score (nSPS) is 11.1. The molecular weight excluding hydrogens is 200 g/mol. The van der Waals surface area contributed by atoms with Crippen LogP contribution >= 0.6 is 0 Å². The Morgan fingerprint density at radius 1 is 1.38 bits per heavy atom. The van der Waals surface area contributed by atoms with Gasteiger partial charge in [-0.3, -0.25) is 0 Å². The summed E-state index contributed by atoms with van der Waals surface area (Å²) < 4.78 is 2.19. The molecule has 0 atom stereocenters. The van der Waals surface area contributed by atoms with Crippen molar-refractivity contribution in [2.24, 2.45) is 5.73 Å². The highest BCUT2D eigenvalue weighted by Crippen LogP contribution is 2.14. The van der Waals surface area contributed by atoms with Crippen LogP contribution in [0.15, 0.2) is 18.3 Å². The minimum Gasteiger partial charge on any atom is -0.330 e. The second kappa shape index (κ2) is 5.07. The molecule has 2 rings (SSSR count). The van der Waals surface area contributed by atoms with Crippen LogP contribution in [0.4, 0.5) is 0 Å². The molecular formula is C12H18N4. The van der Waals surface area contributed by atoms with Crippen molar-refractivity contribution < 1.29 is 0 Å². The van der Waals surface area contributed by atoms with E-state index >= 15 is 0 Å².